The third-order valence-electron chi connectivity index (χ3n) is 3.00. The van der Waals surface area contributed by atoms with E-state index in [1.165, 1.54) is 0 Å². The van der Waals surface area contributed by atoms with Crippen LogP contribution in [0, 0.1) is 5.92 Å². The van der Waals surface area contributed by atoms with Gasteiger partial charge in [-0.2, -0.15) is 0 Å². The van der Waals surface area contributed by atoms with Crippen molar-refractivity contribution in [3.63, 3.8) is 0 Å². The molecule has 0 unspecified atom stereocenters. The normalized spacial score (nSPS) is 21.5. The van der Waals surface area contributed by atoms with E-state index in [2.05, 4.69) is 0 Å². The minimum absolute atomic E-state index is 0.217. The Bertz CT molecular complexity index is 485. The van der Waals surface area contributed by atoms with Crippen molar-refractivity contribution in [3.8, 4) is 0 Å². The molecule has 5 nitrogen and oxygen atoms in total. The van der Waals surface area contributed by atoms with Crippen molar-refractivity contribution in [2.75, 3.05) is 7.11 Å². The molecule has 22 heavy (non-hydrogen) atoms. The van der Waals surface area contributed by atoms with Crippen molar-refractivity contribution >= 4 is 11.8 Å². The number of allylic oxidation sites excluding steroid dienone is 4. The first kappa shape index (κ1) is 20.1. The number of rotatable bonds is 6. The molecule has 0 saturated heterocycles. The van der Waals surface area contributed by atoms with Crippen molar-refractivity contribution in [1.82, 2.24) is 0 Å². The Labute approximate surface area is 132 Å². The first-order valence-electron chi connectivity index (χ1n) is 7.31. The average Bonchev–Trinajstić information content (AvgIpc) is 2.68. The van der Waals surface area contributed by atoms with Crippen LogP contribution in [-0.2, 0) is 14.3 Å². The van der Waals surface area contributed by atoms with Crippen LogP contribution in [0.15, 0.2) is 35.6 Å². The molecule has 1 atom stereocenters. The summed E-state index contributed by atoms with van der Waals surface area (Å²) in [4.78, 5) is 23.6. The largest absolute Gasteiger partial charge is 0.479 e. The maximum absolute atomic E-state index is 12.3. The van der Waals surface area contributed by atoms with Gasteiger partial charge < -0.3 is 14.9 Å². The van der Waals surface area contributed by atoms with E-state index in [-0.39, 0.29) is 17.3 Å². The molecule has 1 heterocycles. The fourth-order valence-electron chi connectivity index (χ4n) is 2.02. The molecule has 0 fully saturated rings. The summed E-state index contributed by atoms with van der Waals surface area (Å²) in [6.45, 7) is 7.52. The molecule has 1 aliphatic heterocycles. The first-order chi connectivity index (χ1) is 10.3. The van der Waals surface area contributed by atoms with E-state index < -0.39 is 17.4 Å². The summed E-state index contributed by atoms with van der Waals surface area (Å²) in [5, 5.41) is 16.2. The Morgan fingerprint density at radius 3 is 2.36 bits per heavy atom. The Hall–Kier alpha value is -1.88. The van der Waals surface area contributed by atoms with E-state index in [0.717, 1.165) is 13.5 Å². The maximum Gasteiger partial charge on any atom is 0.342 e. The molecule has 0 aromatic heterocycles. The third kappa shape index (κ3) is 5.15. The van der Waals surface area contributed by atoms with Gasteiger partial charge in [0.25, 0.3) is 0 Å². The highest BCUT2D eigenvalue weighted by Gasteiger charge is 2.46. The van der Waals surface area contributed by atoms with Crippen LogP contribution >= 0.6 is 0 Å². The molecule has 0 bridgehead atoms. The molecule has 0 radical (unpaired) electrons. The molecule has 0 amide bonds. The zero-order valence-electron chi connectivity index (χ0n) is 13.9. The molecular weight excluding hydrogens is 284 g/mol. The van der Waals surface area contributed by atoms with Gasteiger partial charge in [-0.15, -0.1) is 0 Å². The smallest absolute Gasteiger partial charge is 0.342 e. The van der Waals surface area contributed by atoms with Crippen LogP contribution in [0.3, 0.4) is 0 Å². The lowest BCUT2D eigenvalue weighted by Crippen LogP contribution is -2.32. The Balaban J connectivity index is 0.00000211. The van der Waals surface area contributed by atoms with E-state index in [4.69, 9.17) is 9.84 Å². The van der Waals surface area contributed by atoms with Gasteiger partial charge in [-0.3, -0.25) is 4.79 Å². The summed E-state index contributed by atoms with van der Waals surface area (Å²) < 4.78 is 5.65. The quantitative estimate of drug-likeness (QED) is 0.582. The molecule has 0 aromatic rings. The minimum Gasteiger partial charge on any atom is -0.479 e. The highest BCUT2D eigenvalue weighted by molar-refractivity contribution is 6.22. The topological polar surface area (TPSA) is 83.8 Å². The average molecular weight is 310 g/mol. The molecule has 0 saturated carbocycles. The molecule has 1 aliphatic rings. The van der Waals surface area contributed by atoms with E-state index >= 15 is 0 Å². The van der Waals surface area contributed by atoms with Gasteiger partial charge in [0.15, 0.2) is 5.60 Å². The lowest BCUT2D eigenvalue weighted by Gasteiger charge is -2.20. The van der Waals surface area contributed by atoms with Crippen molar-refractivity contribution in [1.29, 1.82) is 0 Å². The molecule has 5 heteroatoms. The maximum atomic E-state index is 12.3. The van der Waals surface area contributed by atoms with Crippen LogP contribution in [0.1, 0.15) is 40.5 Å². The fourth-order valence-corrected chi connectivity index (χ4v) is 2.02. The summed E-state index contributed by atoms with van der Waals surface area (Å²) >= 11 is 0. The van der Waals surface area contributed by atoms with Crippen molar-refractivity contribution in [3.05, 3.63) is 35.6 Å². The molecule has 2 N–H and O–H groups in total. The number of hydrogen-bond donors (Lipinski definition) is 2. The number of aliphatic hydroxyl groups excluding tert-OH is 1. The SMILES string of the molecule is CC/C=C/C=C/[C@@]1(C)OC(CC(C)C)=C(C(=O)O)C1=O.CO. The van der Waals surface area contributed by atoms with Crippen LogP contribution in [-0.4, -0.2) is 34.7 Å². The number of carboxylic acid groups (broad SMARTS) is 1. The van der Waals surface area contributed by atoms with E-state index in [1.807, 2.05) is 32.9 Å². The number of carbonyl (C=O) groups excluding carboxylic acids is 1. The van der Waals surface area contributed by atoms with Crippen LogP contribution in [0.4, 0.5) is 0 Å². The zero-order valence-corrected chi connectivity index (χ0v) is 13.9. The molecule has 0 aromatic carbocycles. The van der Waals surface area contributed by atoms with Gasteiger partial charge in [0.2, 0.25) is 5.78 Å². The number of hydrogen-bond acceptors (Lipinski definition) is 4. The highest BCUT2D eigenvalue weighted by atomic mass is 16.5. The number of ether oxygens (including phenoxy) is 1. The van der Waals surface area contributed by atoms with Crippen LogP contribution in [0.25, 0.3) is 0 Å². The molecule has 0 aliphatic carbocycles. The van der Waals surface area contributed by atoms with Crippen LogP contribution < -0.4 is 0 Å². The summed E-state index contributed by atoms with van der Waals surface area (Å²) in [5.41, 5.74) is -1.43. The van der Waals surface area contributed by atoms with Gasteiger partial charge in [-0.25, -0.2) is 4.79 Å². The summed E-state index contributed by atoms with van der Waals surface area (Å²) in [6.07, 6.45) is 8.44. The Morgan fingerprint density at radius 2 is 1.91 bits per heavy atom. The zero-order chi connectivity index (χ0) is 17.3. The summed E-state index contributed by atoms with van der Waals surface area (Å²) in [5.74, 6) is -1.20. The Morgan fingerprint density at radius 1 is 1.32 bits per heavy atom. The van der Waals surface area contributed by atoms with Crippen molar-refractivity contribution in [2.45, 2.75) is 46.1 Å². The van der Waals surface area contributed by atoms with Crippen LogP contribution in [0.5, 0.6) is 0 Å². The first-order valence-corrected chi connectivity index (χ1v) is 7.31. The second-order valence-corrected chi connectivity index (χ2v) is 5.44. The van der Waals surface area contributed by atoms with Gasteiger partial charge in [0, 0.05) is 13.5 Å². The van der Waals surface area contributed by atoms with E-state index in [9.17, 15) is 14.7 Å². The molecule has 124 valence electrons. The number of ketones is 1. The number of aliphatic carboxylic acids is 1. The predicted octanol–water partition coefficient (Wildman–Crippen LogP) is 2.86. The predicted molar refractivity (Wildman–Crippen MR) is 85.3 cm³/mol. The monoisotopic (exact) mass is 310 g/mol. The number of Topliss-reactive ketones (excluding diaryl/α,β-unsaturated/α-hetero) is 1. The third-order valence-corrected chi connectivity index (χ3v) is 3.00. The number of aliphatic hydroxyl groups is 1. The van der Waals surface area contributed by atoms with E-state index in [0.29, 0.717) is 6.42 Å². The molecule has 1 rings (SSSR count). The van der Waals surface area contributed by atoms with Gasteiger partial charge in [-0.05, 0) is 25.3 Å². The van der Waals surface area contributed by atoms with Crippen LogP contribution in [0.2, 0.25) is 0 Å². The van der Waals surface area contributed by atoms with Crippen molar-refractivity contribution in [2.24, 2.45) is 5.92 Å². The van der Waals surface area contributed by atoms with E-state index in [1.54, 1.807) is 19.1 Å². The summed E-state index contributed by atoms with van der Waals surface area (Å²) in [6, 6.07) is 0. The molecular formula is C17H26O5. The lowest BCUT2D eigenvalue weighted by atomic mass is 9.95. The standard InChI is InChI=1S/C16H22O4.CH4O/c1-5-6-7-8-9-16(4)14(17)13(15(18)19)12(20-16)10-11(2)3;1-2/h6-9,11H,5,10H2,1-4H3,(H,18,19);2H,1H3/b7-6+,9-8+;/t16-;/m1./s1. The Kier molecular flexibility index (Phi) is 8.42. The summed E-state index contributed by atoms with van der Waals surface area (Å²) in [7, 11) is 1.00. The van der Waals surface area contributed by atoms with Gasteiger partial charge in [0.05, 0.1) is 0 Å². The second-order valence-electron chi connectivity index (χ2n) is 5.44. The van der Waals surface area contributed by atoms with Gasteiger partial charge >= 0.3 is 5.97 Å². The number of carbonyl (C=O) groups is 2. The highest BCUT2D eigenvalue weighted by Crippen LogP contribution is 2.35. The van der Waals surface area contributed by atoms with Crippen molar-refractivity contribution < 1.29 is 24.5 Å². The van der Waals surface area contributed by atoms with Gasteiger partial charge in [0.1, 0.15) is 11.3 Å². The van der Waals surface area contributed by atoms with Gasteiger partial charge in [-0.1, -0.05) is 39.0 Å². The molecule has 0 spiro atoms. The minimum atomic E-state index is -1.22. The second kappa shape index (κ2) is 9.20. The lowest BCUT2D eigenvalue weighted by molar-refractivity contribution is -0.135. The fraction of sp³-hybridized carbons (Fsp3) is 0.529. The number of carboxylic acids is 1.